The zero-order chi connectivity index (χ0) is 13.1. The van der Waals surface area contributed by atoms with Gasteiger partial charge in [0.2, 0.25) is 6.08 Å². The van der Waals surface area contributed by atoms with E-state index >= 15 is 0 Å². The molecule has 0 radical (unpaired) electrons. The van der Waals surface area contributed by atoms with Crippen LogP contribution in [0.25, 0.3) is 0 Å². The third-order valence-electron chi connectivity index (χ3n) is 1.68. The first-order chi connectivity index (χ1) is 8.06. The monoisotopic (exact) mass is 243 g/mol. The van der Waals surface area contributed by atoms with Gasteiger partial charge in [-0.05, 0) is 6.42 Å². The highest BCUT2D eigenvalue weighted by atomic mass is 16.4. The lowest BCUT2D eigenvalue weighted by Gasteiger charge is -2.04. The molecule has 0 aromatic carbocycles. The largest absolute Gasteiger partial charge is 0.481 e. The number of carbonyl (C=O) groups excluding carboxylic acids is 3. The van der Waals surface area contributed by atoms with E-state index in [1.54, 1.807) is 0 Å². The summed E-state index contributed by atoms with van der Waals surface area (Å²) < 4.78 is 0. The Hall–Kier alpha value is -2.21. The fourth-order valence-corrected chi connectivity index (χ4v) is 0.910. The quantitative estimate of drug-likeness (QED) is 0.388. The molecule has 0 saturated heterocycles. The Morgan fingerprint density at radius 2 is 1.88 bits per heavy atom. The van der Waals surface area contributed by atoms with E-state index in [4.69, 9.17) is 5.11 Å². The summed E-state index contributed by atoms with van der Waals surface area (Å²) in [4.78, 5) is 45.0. The SMILES string of the molecule is O=C=NCNC(=O)NCC(=O)CCCC(=O)O. The molecule has 3 N–H and O–H groups in total. The van der Waals surface area contributed by atoms with Crippen LogP contribution in [0.4, 0.5) is 4.79 Å². The van der Waals surface area contributed by atoms with Crippen molar-refractivity contribution in [2.75, 3.05) is 13.2 Å². The van der Waals surface area contributed by atoms with Gasteiger partial charge in [-0.3, -0.25) is 9.59 Å². The highest BCUT2D eigenvalue weighted by Gasteiger charge is 2.06. The minimum atomic E-state index is -0.963. The number of carboxylic acid groups (broad SMARTS) is 1. The van der Waals surface area contributed by atoms with Crippen molar-refractivity contribution in [2.45, 2.75) is 19.3 Å². The Kier molecular flexibility index (Phi) is 7.87. The molecule has 8 nitrogen and oxygen atoms in total. The van der Waals surface area contributed by atoms with E-state index in [2.05, 4.69) is 15.6 Å². The zero-order valence-electron chi connectivity index (χ0n) is 9.06. The van der Waals surface area contributed by atoms with Crippen LogP contribution in [0.3, 0.4) is 0 Å². The normalized spacial score (nSPS) is 8.94. The second-order valence-electron chi connectivity index (χ2n) is 3.05. The summed E-state index contributed by atoms with van der Waals surface area (Å²) in [5, 5.41) is 12.8. The molecule has 0 aliphatic heterocycles. The Bertz CT molecular complexity index is 336. The minimum absolute atomic E-state index is 0.0774. The molecule has 0 spiro atoms. The van der Waals surface area contributed by atoms with Crippen LogP contribution >= 0.6 is 0 Å². The number of amides is 2. The number of carboxylic acids is 1. The third kappa shape index (κ3) is 10.1. The van der Waals surface area contributed by atoms with E-state index in [-0.39, 0.29) is 38.3 Å². The first kappa shape index (κ1) is 14.8. The number of nitrogens with zero attached hydrogens (tertiary/aromatic N) is 1. The lowest BCUT2D eigenvalue weighted by molar-refractivity contribution is -0.137. The molecule has 0 fully saturated rings. The van der Waals surface area contributed by atoms with E-state index in [1.165, 1.54) is 6.08 Å². The van der Waals surface area contributed by atoms with Gasteiger partial charge in [0, 0.05) is 12.8 Å². The summed E-state index contributed by atoms with van der Waals surface area (Å²) in [6.45, 7) is -0.390. The summed E-state index contributed by atoms with van der Waals surface area (Å²) in [6.07, 6.45) is 1.50. The Labute approximate surface area is 97.1 Å². The topological polar surface area (TPSA) is 125 Å². The maximum absolute atomic E-state index is 11.1. The number of nitrogens with one attached hydrogen (secondary N) is 2. The van der Waals surface area contributed by atoms with Crippen LogP contribution < -0.4 is 10.6 Å². The number of hydrogen-bond donors (Lipinski definition) is 3. The number of aliphatic imine (C=N–C) groups is 1. The van der Waals surface area contributed by atoms with Crippen LogP contribution in [0.1, 0.15) is 19.3 Å². The number of Topliss-reactive ketones (excluding diaryl/α,β-unsaturated/α-hetero) is 1. The molecule has 0 aliphatic rings. The van der Waals surface area contributed by atoms with Gasteiger partial charge in [-0.2, -0.15) is 4.99 Å². The molecule has 0 unspecified atom stereocenters. The van der Waals surface area contributed by atoms with Crippen molar-refractivity contribution in [3.8, 4) is 0 Å². The van der Waals surface area contributed by atoms with Gasteiger partial charge in [0.25, 0.3) is 0 Å². The van der Waals surface area contributed by atoms with E-state index in [0.29, 0.717) is 0 Å². The summed E-state index contributed by atoms with van der Waals surface area (Å²) in [6, 6.07) is -0.629. The third-order valence-corrected chi connectivity index (χ3v) is 1.68. The smallest absolute Gasteiger partial charge is 0.316 e. The molecular weight excluding hydrogens is 230 g/mol. The van der Waals surface area contributed by atoms with Crippen molar-refractivity contribution >= 4 is 23.9 Å². The number of hydrogen-bond acceptors (Lipinski definition) is 5. The number of aliphatic carboxylic acids is 1. The van der Waals surface area contributed by atoms with Gasteiger partial charge >= 0.3 is 12.0 Å². The van der Waals surface area contributed by atoms with Crippen LogP contribution in [0, 0.1) is 0 Å². The number of urea groups is 1. The second kappa shape index (κ2) is 9.05. The molecule has 0 bridgehead atoms. The molecule has 0 aromatic rings. The molecule has 0 aliphatic carbocycles. The molecule has 94 valence electrons. The van der Waals surface area contributed by atoms with E-state index in [1.807, 2.05) is 0 Å². The van der Waals surface area contributed by atoms with Crippen molar-refractivity contribution in [1.82, 2.24) is 10.6 Å². The summed E-state index contributed by atoms with van der Waals surface area (Å²) >= 11 is 0. The average Bonchev–Trinajstić information content (AvgIpc) is 2.26. The van der Waals surface area contributed by atoms with Crippen molar-refractivity contribution in [3.05, 3.63) is 0 Å². The fourth-order valence-electron chi connectivity index (χ4n) is 0.910. The molecular formula is C9H13N3O5. The maximum Gasteiger partial charge on any atom is 0.316 e. The van der Waals surface area contributed by atoms with Crippen molar-refractivity contribution < 1.29 is 24.3 Å². The van der Waals surface area contributed by atoms with Crippen LogP contribution in [0.5, 0.6) is 0 Å². The second-order valence-corrected chi connectivity index (χ2v) is 3.05. The van der Waals surface area contributed by atoms with Crippen molar-refractivity contribution in [2.24, 2.45) is 4.99 Å². The van der Waals surface area contributed by atoms with Crippen LogP contribution in [-0.4, -0.2) is 42.2 Å². The standard InChI is InChI=1S/C9H13N3O5/c13-6-10-5-12-9(17)11-4-7(14)2-1-3-8(15)16/h1-5H2,(H,15,16)(H2,11,12,17). The molecule has 2 amide bonds. The van der Waals surface area contributed by atoms with E-state index in [9.17, 15) is 19.2 Å². The van der Waals surface area contributed by atoms with Gasteiger partial charge in [0.05, 0.1) is 6.54 Å². The highest BCUT2D eigenvalue weighted by molar-refractivity contribution is 5.85. The first-order valence-electron chi connectivity index (χ1n) is 4.85. The summed E-state index contributed by atoms with van der Waals surface area (Å²) in [5.41, 5.74) is 0. The lowest BCUT2D eigenvalue weighted by atomic mass is 10.2. The fraction of sp³-hybridized carbons (Fsp3) is 0.556. The highest BCUT2D eigenvalue weighted by Crippen LogP contribution is 1.95. The van der Waals surface area contributed by atoms with Crippen molar-refractivity contribution in [1.29, 1.82) is 0 Å². The van der Waals surface area contributed by atoms with E-state index in [0.717, 1.165) is 0 Å². The Morgan fingerprint density at radius 3 is 2.47 bits per heavy atom. The first-order valence-corrected chi connectivity index (χ1v) is 4.85. The molecule has 17 heavy (non-hydrogen) atoms. The number of carbonyl (C=O) groups is 3. The Balaban J connectivity index is 3.58. The predicted molar refractivity (Wildman–Crippen MR) is 56.0 cm³/mol. The minimum Gasteiger partial charge on any atom is -0.481 e. The van der Waals surface area contributed by atoms with Gasteiger partial charge < -0.3 is 15.7 Å². The molecule has 8 heteroatoms. The summed E-state index contributed by atoms with van der Waals surface area (Å²) in [7, 11) is 0. The van der Waals surface area contributed by atoms with Gasteiger partial charge in [-0.1, -0.05) is 0 Å². The maximum atomic E-state index is 11.1. The van der Waals surface area contributed by atoms with Gasteiger partial charge in [-0.15, -0.1) is 0 Å². The number of isocyanates is 1. The van der Waals surface area contributed by atoms with E-state index < -0.39 is 12.0 Å². The van der Waals surface area contributed by atoms with Crippen LogP contribution in [-0.2, 0) is 14.4 Å². The molecule has 0 saturated carbocycles. The summed E-state index contributed by atoms with van der Waals surface area (Å²) in [5.74, 6) is -1.23. The number of rotatable bonds is 8. The predicted octanol–water partition coefficient (Wildman–Crippen LogP) is -0.597. The zero-order valence-corrected chi connectivity index (χ0v) is 9.06. The lowest BCUT2D eigenvalue weighted by Crippen LogP contribution is -2.38. The molecule has 0 aromatic heterocycles. The average molecular weight is 243 g/mol. The molecule has 0 heterocycles. The van der Waals surface area contributed by atoms with Crippen LogP contribution in [0.2, 0.25) is 0 Å². The van der Waals surface area contributed by atoms with Crippen molar-refractivity contribution in [3.63, 3.8) is 0 Å². The molecule has 0 rings (SSSR count). The van der Waals surface area contributed by atoms with Gasteiger partial charge in [0.1, 0.15) is 6.67 Å². The Morgan fingerprint density at radius 1 is 1.18 bits per heavy atom. The van der Waals surface area contributed by atoms with Gasteiger partial charge in [0.15, 0.2) is 5.78 Å². The number of ketones is 1. The van der Waals surface area contributed by atoms with Gasteiger partial charge in [-0.25, -0.2) is 9.59 Å². The van der Waals surface area contributed by atoms with Crippen LogP contribution in [0.15, 0.2) is 4.99 Å². The molecule has 0 atom stereocenters.